The predicted molar refractivity (Wildman–Crippen MR) is 114 cm³/mol. The number of carbonyl (C=O) groups is 2. The lowest BCUT2D eigenvalue weighted by Crippen LogP contribution is -2.52. The van der Waals surface area contributed by atoms with Crippen molar-refractivity contribution < 1.29 is 9.59 Å². The van der Waals surface area contributed by atoms with Crippen LogP contribution in [0, 0.1) is 13.8 Å². The summed E-state index contributed by atoms with van der Waals surface area (Å²) < 4.78 is 1.53. The average molecular weight is 409 g/mol. The minimum Gasteiger partial charge on any atom is -0.306 e. The van der Waals surface area contributed by atoms with Crippen molar-refractivity contribution in [2.75, 3.05) is 26.7 Å². The van der Waals surface area contributed by atoms with E-state index in [2.05, 4.69) is 28.1 Å². The van der Waals surface area contributed by atoms with Gasteiger partial charge in [-0.2, -0.15) is 0 Å². The highest BCUT2D eigenvalue weighted by atomic mass is 16.2. The Hall–Kier alpha value is -3.00. The predicted octanol–water partition coefficient (Wildman–Crippen LogP) is 2.10. The number of carbonyl (C=O) groups excluding carboxylic acids is 2. The molecule has 0 spiro atoms. The number of likely N-dealkylation sites (tertiary alicyclic amines) is 1. The molecule has 0 radical (unpaired) electrons. The summed E-state index contributed by atoms with van der Waals surface area (Å²) in [5, 5.41) is 7.72. The van der Waals surface area contributed by atoms with Crippen molar-refractivity contribution in [3.05, 3.63) is 41.7 Å². The molecule has 2 aromatic rings. The number of benzene rings is 1. The van der Waals surface area contributed by atoms with Crippen LogP contribution in [0.4, 0.5) is 0 Å². The third-order valence-electron chi connectivity index (χ3n) is 5.70. The Kier molecular flexibility index (Phi) is 5.67. The topological polar surface area (TPSA) is 74.6 Å². The minimum absolute atomic E-state index is 0.0316. The molecular weight excluding hydrogens is 380 g/mol. The summed E-state index contributed by atoms with van der Waals surface area (Å²) in [5.74, 6) is 0.440. The summed E-state index contributed by atoms with van der Waals surface area (Å²) in [4.78, 5) is 31.9. The van der Waals surface area contributed by atoms with E-state index in [-0.39, 0.29) is 17.9 Å². The number of piperidine rings is 1. The number of hydrazine groups is 1. The highest BCUT2D eigenvalue weighted by Gasteiger charge is 2.37. The van der Waals surface area contributed by atoms with E-state index in [1.807, 2.05) is 26.0 Å². The van der Waals surface area contributed by atoms with Crippen LogP contribution in [0.5, 0.6) is 0 Å². The Labute approximate surface area is 176 Å². The number of nitrogens with zero attached hydrogens (tertiary/aromatic N) is 6. The maximum atomic E-state index is 12.8. The molecule has 158 valence electrons. The van der Waals surface area contributed by atoms with Crippen molar-refractivity contribution in [2.24, 2.45) is 0 Å². The molecule has 4 rings (SSSR count). The van der Waals surface area contributed by atoms with Crippen molar-refractivity contribution in [1.29, 1.82) is 0 Å². The number of hydrogen-bond donors (Lipinski definition) is 0. The van der Waals surface area contributed by atoms with Crippen molar-refractivity contribution in [3.63, 3.8) is 0 Å². The standard InChI is InChI=1S/C22H28N6O2/c1-16-12-17(2)14-18(13-16)22-23-15-26(24-22)10-6-20(29)27-11-7-21(30)28(27)19-4-8-25(3)9-5-19/h6,10,12-15,19H,4-5,7-9,11H2,1-3H3/b10-6-. The summed E-state index contributed by atoms with van der Waals surface area (Å²) in [6.07, 6.45) is 6.79. The molecule has 30 heavy (non-hydrogen) atoms. The van der Waals surface area contributed by atoms with Crippen LogP contribution >= 0.6 is 0 Å². The fourth-order valence-electron chi connectivity index (χ4n) is 4.22. The summed E-state index contributed by atoms with van der Waals surface area (Å²) >= 11 is 0. The number of amides is 2. The Bertz CT molecular complexity index is 954. The second kappa shape index (κ2) is 8.39. The third kappa shape index (κ3) is 4.28. The summed E-state index contributed by atoms with van der Waals surface area (Å²) in [6.45, 7) is 6.39. The highest BCUT2D eigenvalue weighted by Crippen LogP contribution is 2.23. The molecule has 0 unspecified atom stereocenters. The van der Waals surface area contributed by atoms with Gasteiger partial charge in [0.15, 0.2) is 5.82 Å². The van der Waals surface area contributed by atoms with E-state index in [0.717, 1.165) is 42.6 Å². The van der Waals surface area contributed by atoms with Crippen molar-refractivity contribution >= 4 is 18.0 Å². The first kappa shape index (κ1) is 20.3. The van der Waals surface area contributed by atoms with Crippen LogP contribution in [0.15, 0.2) is 30.6 Å². The molecule has 0 atom stereocenters. The van der Waals surface area contributed by atoms with Gasteiger partial charge in [0.05, 0.1) is 12.6 Å². The molecule has 0 bridgehead atoms. The summed E-state index contributed by atoms with van der Waals surface area (Å²) in [6, 6.07) is 6.27. The summed E-state index contributed by atoms with van der Waals surface area (Å²) in [5.41, 5.74) is 3.25. The molecular formula is C22H28N6O2. The fraction of sp³-hybridized carbons (Fsp3) is 0.455. The fourth-order valence-corrected chi connectivity index (χ4v) is 4.22. The van der Waals surface area contributed by atoms with Gasteiger partial charge in [-0.3, -0.25) is 9.59 Å². The number of rotatable bonds is 4. The lowest BCUT2D eigenvalue weighted by molar-refractivity contribution is -0.157. The molecule has 3 heterocycles. The SMILES string of the molecule is Cc1cc(C)cc(-c2ncn(/C=C\C(=O)N3CCC(=O)N3C3CCN(C)CC3)n2)c1. The molecule has 1 aromatic heterocycles. The average Bonchev–Trinajstić information content (AvgIpc) is 3.33. The zero-order chi connectivity index (χ0) is 21.3. The van der Waals surface area contributed by atoms with Crippen LogP contribution in [0.2, 0.25) is 0 Å². The molecule has 2 saturated heterocycles. The van der Waals surface area contributed by atoms with E-state index in [1.54, 1.807) is 22.5 Å². The Morgan fingerprint density at radius 2 is 1.80 bits per heavy atom. The van der Waals surface area contributed by atoms with Gasteiger partial charge in [-0.25, -0.2) is 19.7 Å². The van der Waals surface area contributed by atoms with Gasteiger partial charge in [0.2, 0.25) is 5.91 Å². The van der Waals surface area contributed by atoms with Gasteiger partial charge in [-0.15, -0.1) is 5.10 Å². The van der Waals surface area contributed by atoms with E-state index in [1.165, 1.54) is 10.8 Å². The van der Waals surface area contributed by atoms with Crippen LogP contribution < -0.4 is 0 Å². The molecule has 0 N–H and O–H groups in total. The molecule has 2 fully saturated rings. The van der Waals surface area contributed by atoms with Gasteiger partial charge in [0.1, 0.15) is 6.33 Å². The van der Waals surface area contributed by atoms with E-state index >= 15 is 0 Å². The highest BCUT2D eigenvalue weighted by molar-refractivity contribution is 5.93. The van der Waals surface area contributed by atoms with E-state index in [9.17, 15) is 9.59 Å². The van der Waals surface area contributed by atoms with Gasteiger partial charge in [0.25, 0.3) is 5.91 Å². The molecule has 2 amide bonds. The Morgan fingerprint density at radius 1 is 1.10 bits per heavy atom. The van der Waals surface area contributed by atoms with E-state index in [0.29, 0.717) is 18.8 Å². The second-order valence-corrected chi connectivity index (χ2v) is 8.22. The molecule has 2 aliphatic heterocycles. The van der Waals surface area contributed by atoms with Gasteiger partial charge >= 0.3 is 0 Å². The molecule has 8 heteroatoms. The third-order valence-corrected chi connectivity index (χ3v) is 5.70. The maximum Gasteiger partial charge on any atom is 0.266 e. The van der Waals surface area contributed by atoms with E-state index in [4.69, 9.17) is 0 Å². The molecule has 8 nitrogen and oxygen atoms in total. The quantitative estimate of drug-likeness (QED) is 0.725. The van der Waals surface area contributed by atoms with Crippen molar-refractivity contribution in [3.8, 4) is 11.4 Å². The Morgan fingerprint density at radius 3 is 2.50 bits per heavy atom. The van der Waals surface area contributed by atoms with E-state index < -0.39 is 0 Å². The number of aromatic nitrogens is 3. The van der Waals surface area contributed by atoms with Crippen LogP contribution in [-0.4, -0.2) is 74.2 Å². The molecule has 2 aliphatic rings. The maximum absolute atomic E-state index is 12.8. The largest absolute Gasteiger partial charge is 0.306 e. The minimum atomic E-state index is -0.205. The summed E-state index contributed by atoms with van der Waals surface area (Å²) in [7, 11) is 2.08. The first-order chi connectivity index (χ1) is 14.4. The van der Waals surface area contributed by atoms with Crippen LogP contribution in [0.25, 0.3) is 17.6 Å². The number of aryl methyl sites for hydroxylation is 2. The van der Waals surface area contributed by atoms with Crippen molar-refractivity contribution in [1.82, 2.24) is 29.7 Å². The zero-order valence-corrected chi connectivity index (χ0v) is 17.8. The lowest BCUT2D eigenvalue weighted by atomic mass is 10.1. The van der Waals surface area contributed by atoms with Crippen LogP contribution in [0.3, 0.4) is 0 Å². The number of hydrogen-bond acceptors (Lipinski definition) is 5. The normalized spacial score (nSPS) is 18.7. The second-order valence-electron chi connectivity index (χ2n) is 8.22. The van der Waals surface area contributed by atoms with Crippen LogP contribution in [-0.2, 0) is 9.59 Å². The van der Waals surface area contributed by atoms with Crippen LogP contribution in [0.1, 0.15) is 30.4 Å². The van der Waals surface area contributed by atoms with Crippen molar-refractivity contribution in [2.45, 2.75) is 39.2 Å². The van der Waals surface area contributed by atoms with Gasteiger partial charge in [-0.1, -0.05) is 17.2 Å². The Balaban J connectivity index is 1.45. The lowest BCUT2D eigenvalue weighted by Gasteiger charge is -2.38. The van der Waals surface area contributed by atoms with Gasteiger partial charge < -0.3 is 4.90 Å². The first-order valence-electron chi connectivity index (χ1n) is 10.4. The van der Waals surface area contributed by atoms with Gasteiger partial charge in [-0.05, 0) is 59.0 Å². The monoisotopic (exact) mass is 408 g/mol. The first-order valence-corrected chi connectivity index (χ1v) is 10.4. The smallest absolute Gasteiger partial charge is 0.266 e. The molecule has 1 aromatic carbocycles. The molecule has 0 aliphatic carbocycles. The van der Waals surface area contributed by atoms with Gasteiger partial charge in [0, 0.05) is 24.3 Å². The zero-order valence-electron chi connectivity index (χ0n) is 17.8. The molecule has 0 saturated carbocycles.